The summed E-state index contributed by atoms with van der Waals surface area (Å²) in [5.41, 5.74) is 4.08. The first-order chi connectivity index (χ1) is 14.7. The maximum atomic E-state index is 11.8. The summed E-state index contributed by atoms with van der Waals surface area (Å²) in [6, 6.07) is 17.9. The van der Waals surface area contributed by atoms with Crippen LogP contribution in [0.1, 0.15) is 27.0 Å². The Hall–Kier alpha value is -3.61. The van der Waals surface area contributed by atoms with Crippen LogP contribution < -0.4 is 16.0 Å². The second kappa shape index (κ2) is 10.8. The molecule has 7 nitrogen and oxygen atoms in total. The van der Waals surface area contributed by atoms with Crippen LogP contribution in [0, 0.1) is 0 Å². The number of rotatable bonds is 8. The van der Waals surface area contributed by atoms with Crippen LogP contribution in [-0.2, 0) is 19.5 Å². The van der Waals surface area contributed by atoms with Crippen molar-refractivity contribution in [2.45, 2.75) is 19.5 Å². The average molecular weight is 405 g/mol. The van der Waals surface area contributed by atoms with Crippen LogP contribution >= 0.6 is 0 Å². The fourth-order valence-electron chi connectivity index (χ4n) is 3.10. The quantitative estimate of drug-likeness (QED) is 0.397. The van der Waals surface area contributed by atoms with Gasteiger partial charge < -0.3 is 16.0 Å². The Balaban J connectivity index is 1.45. The molecule has 3 aromatic rings. The van der Waals surface area contributed by atoms with E-state index in [0.29, 0.717) is 18.7 Å². The maximum Gasteiger partial charge on any atom is 0.251 e. The Morgan fingerprint density at radius 1 is 1.03 bits per heavy atom. The summed E-state index contributed by atoms with van der Waals surface area (Å²) in [6.07, 6.45) is 4.70. The molecule has 0 unspecified atom stereocenters. The van der Waals surface area contributed by atoms with Crippen molar-refractivity contribution in [3.05, 3.63) is 89.2 Å². The van der Waals surface area contributed by atoms with E-state index in [4.69, 9.17) is 0 Å². The number of aliphatic imine (C=N–C) groups is 1. The minimum absolute atomic E-state index is 0.0740. The number of nitrogens with one attached hydrogen (secondary N) is 3. The van der Waals surface area contributed by atoms with Gasteiger partial charge in [-0.15, -0.1) is 0 Å². The summed E-state index contributed by atoms with van der Waals surface area (Å²) in [7, 11) is 3.39. The maximum absolute atomic E-state index is 11.8. The molecule has 7 heteroatoms. The lowest BCUT2D eigenvalue weighted by Crippen LogP contribution is -2.37. The molecule has 2 aromatic carbocycles. The van der Waals surface area contributed by atoms with Crippen LogP contribution in [0.15, 0.2) is 72.0 Å². The molecule has 1 heterocycles. The van der Waals surface area contributed by atoms with Gasteiger partial charge in [-0.1, -0.05) is 42.5 Å². The van der Waals surface area contributed by atoms with E-state index in [1.165, 1.54) is 5.56 Å². The number of carbonyl (C=O) groups is 1. The third-order valence-electron chi connectivity index (χ3n) is 4.68. The number of nitrogens with zero attached hydrogens (tertiary/aromatic N) is 3. The lowest BCUT2D eigenvalue weighted by Gasteiger charge is -2.11. The van der Waals surface area contributed by atoms with E-state index in [1.807, 2.05) is 59.5 Å². The lowest BCUT2D eigenvalue weighted by atomic mass is 10.1. The van der Waals surface area contributed by atoms with Crippen molar-refractivity contribution in [2.75, 3.05) is 20.6 Å². The molecule has 1 aromatic heterocycles. The van der Waals surface area contributed by atoms with E-state index >= 15 is 0 Å². The molecule has 3 N–H and O–H groups in total. The van der Waals surface area contributed by atoms with E-state index < -0.39 is 0 Å². The van der Waals surface area contributed by atoms with E-state index in [2.05, 4.69) is 38.2 Å². The molecule has 0 aliphatic rings. The SMILES string of the molecule is CN=C(NCCc1cccc(C(=O)NC)c1)NCc1cnn(Cc2ccccc2)c1. The van der Waals surface area contributed by atoms with Gasteiger partial charge in [-0.2, -0.15) is 5.10 Å². The fourth-order valence-corrected chi connectivity index (χ4v) is 3.10. The van der Waals surface area contributed by atoms with Gasteiger partial charge in [0.25, 0.3) is 5.91 Å². The largest absolute Gasteiger partial charge is 0.356 e. The molecule has 0 saturated carbocycles. The zero-order valence-corrected chi connectivity index (χ0v) is 17.4. The van der Waals surface area contributed by atoms with E-state index in [0.717, 1.165) is 30.1 Å². The van der Waals surface area contributed by atoms with Gasteiger partial charge in [0.1, 0.15) is 0 Å². The summed E-state index contributed by atoms with van der Waals surface area (Å²) in [5.74, 6) is 0.656. The third-order valence-corrected chi connectivity index (χ3v) is 4.68. The van der Waals surface area contributed by atoms with E-state index in [-0.39, 0.29) is 5.91 Å². The Morgan fingerprint density at radius 3 is 2.60 bits per heavy atom. The van der Waals surface area contributed by atoms with Crippen molar-refractivity contribution in [1.29, 1.82) is 0 Å². The van der Waals surface area contributed by atoms with E-state index in [1.54, 1.807) is 14.1 Å². The van der Waals surface area contributed by atoms with Crippen molar-refractivity contribution >= 4 is 11.9 Å². The number of hydrogen-bond acceptors (Lipinski definition) is 3. The second-order valence-corrected chi connectivity index (χ2v) is 6.91. The molecular weight excluding hydrogens is 376 g/mol. The smallest absolute Gasteiger partial charge is 0.251 e. The number of hydrogen-bond donors (Lipinski definition) is 3. The van der Waals surface area contributed by atoms with Crippen LogP contribution in [0.4, 0.5) is 0 Å². The molecule has 30 heavy (non-hydrogen) atoms. The van der Waals surface area contributed by atoms with Gasteiger partial charge in [0.2, 0.25) is 0 Å². The molecule has 0 atom stereocenters. The first kappa shape index (κ1) is 21.1. The normalized spacial score (nSPS) is 11.2. The van der Waals surface area contributed by atoms with Crippen molar-refractivity contribution in [3.8, 4) is 0 Å². The van der Waals surface area contributed by atoms with Crippen molar-refractivity contribution in [2.24, 2.45) is 4.99 Å². The molecule has 3 rings (SSSR count). The Bertz CT molecular complexity index is 980. The highest BCUT2D eigenvalue weighted by Gasteiger charge is 2.05. The monoisotopic (exact) mass is 404 g/mol. The summed E-state index contributed by atoms with van der Waals surface area (Å²) >= 11 is 0. The highest BCUT2D eigenvalue weighted by molar-refractivity contribution is 5.94. The van der Waals surface area contributed by atoms with E-state index in [9.17, 15) is 4.79 Å². The van der Waals surface area contributed by atoms with Crippen molar-refractivity contribution in [3.63, 3.8) is 0 Å². The van der Waals surface area contributed by atoms with Gasteiger partial charge in [-0.05, 0) is 29.7 Å². The summed E-state index contributed by atoms with van der Waals surface area (Å²) in [6.45, 7) is 2.10. The predicted molar refractivity (Wildman–Crippen MR) is 120 cm³/mol. The number of guanidine groups is 1. The van der Waals surface area contributed by atoms with Gasteiger partial charge in [-0.3, -0.25) is 14.5 Å². The molecule has 1 amide bonds. The average Bonchev–Trinajstić information content (AvgIpc) is 3.23. The highest BCUT2D eigenvalue weighted by Crippen LogP contribution is 2.06. The van der Waals surface area contributed by atoms with Crippen LogP contribution in [0.25, 0.3) is 0 Å². The molecule has 0 fully saturated rings. The molecular formula is C23H28N6O. The van der Waals surface area contributed by atoms with Crippen LogP contribution in [0.5, 0.6) is 0 Å². The molecule has 0 radical (unpaired) electrons. The van der Waals surface area contributed by atoms with Gasteiger partial charge in [-0.25, -0.2) is 0 Å². The number of carbonyl (C=O) groups excluding carboxylic acids is 1. The Morgan fingerprint density at radius 2 is 1.83 bits per heavy atom. The molecule has 0 aliphatic heterocycles. The topological polar surface area (TPSA) is 83.3 Å². The van der Waals surface area contributed by atoms with Gasteiger partial charge in [0, 0.05) is 44.5 Å². The number of amides is 1. The zero-order valence-electron chi connectivity index (χ0n) is 17.4. The third kappa shape index (κ3) is 6.20. The Labute approximate surface area is 177 Å². The van der Waals surface area contributed by atoms with Crippen LogP contribution in [-0.4, -0.2) is 42.3 Å². The van der Waals surface area contributed by atoms with Crippen molar-refractivity contribution < 1.29 is 4.79 Å². The first-order valence-electron chi connectivity index (χ1n) is 9.98. The van der Waals surface area contributed by atoms with Crippen LogP contribution in [0.2, 0.25) is 0 Å². The fraction of sp³-hybridized carbons (Fsp3) is 0.261. The predicted octanol–water partition coefficient (Wildman–Crippen LogP) is 2.20. The number of aromatic nitrogens is 2. The summed E-state index contributed by atoms with van der Waals surface area (Å²) in [4.78, 5) is 16.0. The molecule has 0 saturated heterocycles. The summed E-state index contributed by atoms with van der Waals surface area (Å²) < 4.78 is 1.93. The molecule has 0 bridgehead atoms. The minimum Gasteiger partial charge on any atom is -0.356 e. The Kier molecular flexibility index (Phi) is 7.60. The lowest BCUT2D eigenvalue weighted by molar-refractivity contribution is 0.0963. The zero-order chi connectivity index (χ0) is 21.2. The van der Waals surface area contributed by atoms with Crippen LogP contribution in [0.3, 0.4) is 0 Å². The molecule has 0 spiro atoms. The first-order valence-corrected chi connectivity index (χ1v) is 9.98. The van der Waals surface area contributed by atoms with Gasteiger partial charge >= 0.3 is 0 Å². The van der Waals surface area contributed by atoms with Gasteiger partial charge in [0.15, 0.2) is 5.96 Å². The summed E-state index contributed by atoms with van der Waals surface area (Å²) in [5, 5.41) is 13.7. The number of benzene rings is 2. The van der Waals surface area contributed by atoms with Gasteiger partial charge in [0.05, 0.1) is 12.7 Å². The molecule has 156 valence electrons. The molecule has 0 aliphatic carbocycles. The minimum atomic E-state index is -0.0740. The second-order valence-electron chi connectivity index (χ2n) is 6.91. The highest BCUT2D eigenvalue weighted by atomic mass is 16.1. The standard InChI is InChI=1S/C23H28N6O/c1-24-22(30)21-10-6-9-18(13-21)11-12-26-23(25-2)27-14-20-15-28-29(17-20)16-19-7-4-3-5-8-19/h3-10,13,15,17H,11-12,14,16H2,1-2H3,(H,24,30)(H2,25,26,27). The van der Waals surface area contributed by atoms with Crippen molar-refractivity contribution in [1.82, 2.24) is 25.7 Å².